The second-order valence-electron chi connectivity index (χ2n) is 8.07. The fourth-order valence-corrected chi connectivity index (χ4v) is 5.61. The first-order valence-corrected chi connectivity index (χ1v) is 10.9. The number of hydrogen-bond acceptors (Lipinski definition) is 9. The molecule has 0 spiro atoms. The van der Waals surface area contributed by atoms with E-state index in [0.29, 0.717) is 34.8 Å². The molecule has 5 rings (SSSR count). The molecule has 0 unspecified atom stereocenters. The molecule has 4 heterocycles. The molecule has 0 saturated heterocycles. The van der Waals surface area contributed by atoms with Crippen molar-refractivity contribution in [2.45, 2.75) is 23.6 Å². The maximum absolute atomic E-state index is 14.9. The molecule has 168 valence electrons. The standard InChI is InChI=1S/C22H19F2N7OS/c1-3-6-32-16-10-27-17-14(30-16)4-5-26-19(17)29-12-7-13(18(24)28-9-12)21(2)15-8-22(15,11-23)33-20(25)31-21/h1,4-5,7,9-10,15H,6,8,11H2,2H3,(H2,25,31)(H,26,29)/t15-,21-,22+/m0/s1. The number of anilines is 2. The first-order valence-electron chi connectivity index (χ1n) is 10.1. The van der Waals surface area contributed by atoms with Crippen LogP contribution in [0.3, 0.4) is 0 Å². The molecule has 3 aromatic rings. The van der Waals surface area contributed by atoms with Gasteiger partial charge in [-0.2, -0.15) is 4.39 Å². The van der Waals surface area contributed by atoms with E-state index >= 15 is 0 Å². The van der Waals surface area contributed by atoms with Gasteiger partial charge in [0.15, 0.2) is 17.6 Å². The zero-order chi connectivity index (χ0) is 23.2. The van der Waals surface area contributed by atoms with Crippen molar-refractivity contribution in [2.24, 2.45) is 16.6 Å². The predicted octanol–water partition coefficient (Wildman–Crippen LogP) is 3.32. The summed E-state index contributed by atoms with van der Waals surface area (Å²) in [4.78, 5) is 21.5. The van der Waals surface area contributed by atoms with Crippen molar-refractivity contribution in [3.8, 4) is 18.2 Å². The number of halogens is 2. The number of thioether (sulfide) groups is 1. The van der Waals surface area contributed by atoms with Crippen LogP contribution < -0.4 is 15.8 Å². The number of fused-ring (bicyclic) bond motifs is 2. The lowest BCUT2D eigenvalue weighted by Crippen LogP contribution is -2.37. The second kappa shape index (κ2) is 7.81. The lowest BCUT2D eigenvalue weighted by atomic mass is 9.86. The van der Waals surface area contributed by atoms with Crippen LogP contribution in [-0.4, -0.2) is 43.1 Å². The fourth-order valence-electron chi connectivity index (χ4n) is 4.28. The molecular weight excluding hydrogens is 448 g/mol. The normalized spacial score (nSPS) is 25.6. The van der Waals surface area contributed by atoms with Gasteiger partial charge in [-0.3, -0.25) is 4.99 Å². The van der Waals surface area contributed by atoms with Crippen molar-refractivity contribution in [3.05, 3.63) is 42.2 Å². The van der Waals surface area contributed by atoms with Crippen molar-refractivity contribution in [3.63, 3.8) is 0 Å². The van der Waals surface area contributed by atoms with Crippen LogP contribution in [-0.2, 0) is 5.54 Å². The number of hydrogen-bond donors (Lipinski definition) is 2. The summed E-state index contributed by atoms with van der Waals surface area (Å²) in [6.07, 6.45) is 10.1. The number of amidine groups is 1. The number of pyridine rings is 2. The molecule has 33 heavy (non-hydrogen) atoms. The Morgan fingerprint density at radius 1 is 1.36 bits per heavy atom. The van der Waals surface area contributed by atoms with Crippen molar-refractivity contribution >= 4 is 39.5 Å². The van der Waals surface area contributed by atoms with E-state index < -0.39 is 22.9 Å². The number of rotatable bonds is 6. The van der Waals surface area contributed by atoms with Gasteiger partial charge in [0.25, 0.3) is 0 Å². The van der Waals surface area contributed by atoms with Crippen LogP contribution in [0.25, 0.3) is 11.0 Å². The molecule has 0 bridgehead atoms. The highest BCUT2D eigenvalue weighted by Crippen LogP contribution is 2.66. The number of nitrogens with zero attached hydrogens (tertiary/aromatic N) is 5. The van der Waals surface area contributed by atoms with Gasteiger partial charge in [-0.1, -0.05) is 17.7 Å². The van der Waals surface area contributed by atoms with Gasteiger partial charge in [0.2, 0.25) is 11.8 Å². The summed E-state index contributed by atoms with van der Waals surface area (Å²) in [6.45, 7) is 1.30. The Morgan fingerprint density at radius 3 is 3.00 bits per heavy atom. The molecule has 1 fully saturated rings. The smallest absolute Gasteiger partial charge is 0.233 e. The minimum Gasteiger partial charge on any atom is -0.463 e. The number of alkyl halides is 1. The van der Waals surface area contributed by atoms with E-state index in [4.69, 9.17) is 16.9 Å². The number of aliphatic imine (C=N–C) groups is 1. The molecule has 8 nitrogen and oxygen atoms in total. The Kier molecular flexibility index (Phi) is 5.05. The monoisotopic (exact) mass is 467 g/mol. The third-order valence-electron chi connectivity index (χ3n) is 5.97. The molecule has 1 saturated carbocycles. The number of ether oxygens (including phenoxy) is 1. The van der Waals surface area contributed by atoms with E-state index in [0.717, 1.165) is 0 Å². The van der Waals surface area contributed by atoms with E-state index in [1.807, 2.05) is 0 Å². The van der Waals surface area contributed by atoms with Gasteiger partial charge in [-0.25, -0.2) is 24.3 Å². The van der Waals surface area contributed by atoms with E-state index in [2.05, 4.69) is 36.2 Å². The van der Waals surface area contributed by atoms with Crippen LogP contribution in [0.5, 0.6) is 5.88 Å². The van der Waals surface area contributed by atoms with Gasteiger partial charge >= 0.3 is 0 Å². The lowest BCUT2D eigenvalue weighted by Gasteiger charge is -2.33. The third kappa shape index (κ3) is 3.60. The molecule has 2 aliphatic rings. The molecule has 0 aromatic carbocycles. The van der Waals surface area contributed by atoms with Crippen molar-refractivity contribution < 1.29 is 13.5 Å². The minimum absolute atomic E-state index is 0.0787. The molecule has 0 radical (unpaired) electrons. The van der Waals surface area contributed by atoms with Crippen LogP contribution in [0.1, 0.15) is 18.9 Å². The Morgan fingerprint density at radius 2 is 2.21 bits per heavy atom. The maximum atomic E-state index is 14.9. The van der Waals surface area contributed by atoms with Crippen molar-refractivity contribution in [1.82, 2.24) is 19.9 Å². The van der Waals surface area contributed by atoms with Crippen LogP contribution in [0, 0.1) is 24.2 Å². The Bertz CT molecular complexity index is 1330. The Hall–Kier alpha value is -3.52. The van der Waals surface area contributed by atoms with Gasteiger partial charge in [-0.05, 0) is 25.5 Å². The van der Waals surface area contributed by atoms with Crippen LogP contribution in [0.2, 0.25) is 0 Å². The first kappa shape index (κ1) is 21.3. The van der Waals surface area contributed by atoms with Crippen LogP contribution in [0.4, 0.5) is 20.3 Å². The minimum atomic E-state index is -1.02. The largest absolute Gasteiger partial charge is 0.463 e. The summed E-state index contributed by atoms with van der Waals surface area (Å²) in [7, 11) is 0. The van der Waals surface area contributed by atoms with Gasteiger partial charge in [0, 0.05) is 17.7 Å². The summed E-state index contributed by atoms with van der Waals surface area (Å²) in [5.74, 6) is 2.22. The predicted molar refractivity (Wildman–Crippen MR) is 123 cm³/mol. The summed E-state index contributed by atoms with van der Waals surface area (Å²) >= 11 is 1.23. The summed E-state index contributed by atoms with van der Waals surface area (Å²) in [5, 5.41) is 3.37. The van der Waals surface area contributed by atoms with Crippen molar-refractivity contribution in [2.75, 3.05) is 18.6 Å². The van der Waals surface area contributed by atoms with Gasteiger partial charge in [0.05, 0.1) is 33.9 Å². The summed E-state index contributed by atoms with van der Waals surface area (Å²) < 4.78 is 33.3. The molecule has 3 aromatic heterocycles. The first-order chi connectivity index (χ1) is 15.9. The molecular formula is C22H19F2N7OS. The zero-order valence-electron chi connectivity index (χ0n) is 17.5. The molecule has 0 amide bonds. The highest BCUT2D eigenvalue weighted by molar-refractivity contribution is 8.15. The lowest BCUT2D eigenvalue weighted by molar-refractivity contribution is 0.355. The SMILES string of the molecule is C#CCOc1cnc2c(Nc3cnc(F)c([C@]4(C)N=C(N)S[C@@]5(CF)C[C@H]54)c3)nccc2n1. The third-order valence-corrected chi connectivity index (χ3v) is 7.24. The average Bonchev–Trinajstić information content (AvgIpc) is 3.55. The number of terminal acetylenes is 1. The van der Waals surface area contributed by atoms with Gasteiger partial charge in [-0.15, -0.1) is 6.42 Å². The van der Waals surface area contributed by atoms with Crippen LogP contribution >= 0.6 is 11.8 Å². The second-order valence-corrected chi connectivity index (χ2v) is 9.51. The highest BCUT2D eigenvalue weighted by Gasteiger charge is 2.66. The highest BCUT2D eigenvalue weighted by atomic mass is 32.2. The van der Waals surface area contributed by atoms with E-state index in [-0.39, 0.29) is 23.3 Å². The number of nitrogens with two attached hydrogens (primary N) is 1. The molecule has 1 aliphatic heterocycles. The number of nitrogens with one attached hydrogen (secondary N) is 1. The van der Waals surface area contributed by atoms with E-state index in [1.54, 1.807) is 25.3 Å². The van der Waals surface area contributed by atoms with Gasteiger partial charge in [0.1, 0.15) is 12.2 Å². The Balaban J connectivity index is 1.49. The fraction of sp³-hybridized carbons (Fsp3) is 0.318. The molecule has 3 N–H and O–H groups in total. The number of aromatic nitrogens is 4. The maximum Gasteiger partial charge on any atom is 0.233 e. The molecule has 1 aliphatic carbocycles. The summed E-state index contributed by atoms with van der Waals surface area (Å²) in [6, 6.07) is 3.29. The quantitative estimate of drug-likeness (QED) is 0.420. The average molecular weight is 468 g/mol. The van der Waals surface area contributed by atoms with Crippen molar-refractivity contribution in [1.29, 1.82) is 0 Å². The zero-order valence-corrected chi connectivity index (χ0v) is 18.4. The van der Waals surface area contributed by atoms with E-state index in [1.165, 1.54) is 24.2 Å². The van der Waals surface area contributed by atoms with E-state index in [9.17, 15) is 8.78 Å². The Labute approximate surface area is 192 Å². The summed E-state index contributed by atoms with van der Waals surface area (Å²) in [5.41, 5.74) is 6.70. The van der Waals surface area contributed by atoms with Crippen LogP contribution in [0.15, 0.2) is 35.7 Å². The van der Waals surface area contributed by atoms with Gasteiger partial charge < -0.3 is 15.8 Å². The topological polar surface area (TPSA) is 111 Å². The molecule has 3 atom stereocenters. The molecule has 11 heteroatoms.